The van der Waals surface area contributed by atoms with Crippen LogP contribution in [0.25, 0.3) is 0 Å². The molecule has 0 heterocycles. The number of carbonyl (C=O) groups excluding carboxylic acids is 2. The van der Waals surface area contributed by atoms with Crippen LogP contribution in [0.15, 0.2) is 33.2 Å². The van der Waals surface area contributed by atoms with Crippen molar-refractivity contribution < 1.29 is 19.2 Å². The molecule has 0 spiro atoms. The largest absolute Gasteiger partial charge is 0.491 e. The molecule has 0 bridgehead atoms. The predicted molar refractivity (Wildman–Crippen MR) is 242 cm³/mol. The van der Waals surface area contributed by atoms with Gasteiger partial charge in [-0.15, -0.1) is 0 Å². The van der Waals surface area contributed by atoms with Crippen molar-refractivity contribution in [2.24, 2.45) is 0 Å². The van der Waals surface area contributed by atoms with E-state index in [2.05, 4.69) is 68.7 Å². The molecular formula is C47H82Br2N2O4. The fourth-order valence-electron chi connectivity index (χ4n) is 6.83. The summed E-state index contributed by atoms with van der Waals surface area (Å²) in [5.74, 6) is 0.707. The molecule has 0 saturated heterocycles. The Bertz CT molecular complexity index is 1060. The topological polar surface area (TPSA) is 76.7 Å². The van der Waals surface area contributed by atoms with E-state index in [1.807, 2.05) is 12.1 Å². The molecule has 1 amide bonds. The molecule has 0 aliphatic heterocycles. The number of allylic oxidation sites excluding steroid dienone is 2. The number of halogens is 2. The van der Waals surface area contributed by atoms with Crippen LogP contribution in [0.2, 0.25) is 0 Å². The van der Waals surface area contributed by atoms with Crippen LogP contribution < -0.4 is 15.5 Å². The number of hydrogen-bond acceptors (Lipinski definition) is 5. The first-order chi connectivity index (χ1) is 27.0. The van der Waals surface area contributed by atoms with Crippen LogP contribution in [0.3, 0.4) is 0 Å². The molecule has 0 atom stereocenters. The van der Waals surface area contributed by atoms with E-state index in [0.29, 0.717) is 39.0 Å². The summed E-state index contributed by atoms with van der Waals surface area (Å²) in [6, 6.07) is 4.10. The Balaban J connectivity index is 1.98. The summed E-state index contributed by atoms with van der Waals surface area (Å²) < 4.78 is 7.75. The normalized spacial score (nSPS) is 11.4. The number of unbranched alkanes of at least 4 members (excludes halogenated alkanes) is 25. The van der Waals surface area contributed by atoms with E-state index in [-0.39, 0.29) is 11.9 Å². The van der Waals surface area contributed by atoms with Gasteiger partial charge in [-0.2, -0.15) is 5.48 Å². The Hall–Kier alpha value is -1.38. The number of amides is 1. The minimum absolute atomic E-state index is 0.139. The Morgan fingerprint density at radius 2 is 1.00 bits per heavy atom. The number of rotatable bonds is 40. The number of nitrogens with one attached hydrogen (secondary N) is 2. The maximum atomic E-state index is 12.3. The molecule has 2 N–H and O–H groups in total. The molecule has 1 aromatic carbocycles. The van der Waals surface area contributed by atoms with Gasteiger partial charge in [0.2, 0.25) is 5.91 Å². The molecular weight excluding hydrogens is 816 g/mol. The van der Waals surface area contributed by atoms with E-state index < -0.39 is 0 Å². The van der Waals surface area contributed by atoms with Crippen LogP contribution in [0.5, 0.6) is 5.75 Å². The molecule has 318 valence electrons. The molecule has 0 aromatic heterocycles. The summed E-state index contributed by atoms with van der Waals surface area (Å²) in [7, 11) is 0. The van der Waals surface area contributed by atoms with E-state index >= 15 is 0 Å². The van der Waals surface area contributed by atoms with Crippen molar-refractivity contribution >= 4 is 43.7 Å². The average molecular weight is 899 g/mol. The number of carbonyl (C=O) groups is 2. The second kappa shape index (κ2) is 39.4. The van der Waals surface area contributed by atoms with Gasteiger partial charge in [0.1, 0.15) is 5.75 Å². The Morgan fingerprint density at radius 1 is 0.564 bits per heavy atom. The monoisotopic (exact) mass is 896 g/mol. The zero-order valence-corrected chi connectivity index (χ0v) is 38.6. The lowest BCUT2D eigenvalue weighted by Gasteiger charge is -2.13. The van der Waals surface area contributed by atoms with Crippen molar-refractivity contribution in [2.45, 2.75) is 219 Å². The van der Waals surface area contributed by atoms with Gasteiger partial charge in [-0.25, -0.2) is 0 Å². The summed E-state index contributed by atoms with van der Waals surface area (Å²) in [5, 5.41) is 3.08. The quantitative estimate of drug-likeness (QED) is 0.0390. The number of hydroxylamine groups is 1. The molecule has 1 aromatic rings. The van der Waals surface area contributed by atoms with Crippen LogP contribution in [-0.2, 0) is 20.8 Å². The zero-order valence-electron chi connectivity index (χ0n) is 35.4. The lowest BCUT2D eigenvalue weighted by Crippen LogP contribution is -2.25. The van der Waals surface area contributed by atoms with Gasteiger partial charge in [0.05, 0.1) is 15.6 Å². The van der Waals surface area contributed by atoms with Crippen molar-refractivity contribution in [2.75, 3.05) is 19.7 Å². The lowest BCUT2D eigenvalue weighted by atomic mass is 10.0. The van der Waals surface area contributed by atoms with Crippen LogP contribution in [0.1, 0.15) is 218 Å². The van der Waals surface area contributed by atoms with Crippen molar-refractivity contribution in [3.8, 4) is 5.75 Å². The molecule has 0 saturated carbocycles. The fourth-order valence-corrected chi connectivity index (χ4v) is 8.34. The molecule has 0 aliphatic carbocycles. The summed E-state index contributed by atoms with van der Waals surface area (Å²) in [6.45, 7) is 6.19. The summed E-state index contributed by atoms with van der Waals surface area (Å²) in [6.07, 6.45) is 43.4. The maximum absolute atomic E-state index is 12.3. The van der Waals surface area contributed by atoms with Crippen LogP contribution in [0.4, 0.5) is 0 Å². The first-order valence-corrected chi connectivity index (χ1v) is 24.5. The molecule has 6 nitrogen and oxygen atoms in total. The minimum Gasteiger partial charge on any atom is -0.491 e. The lowest BCUT2D eigenvalue weighted by molar-refractivity contribution is -0.151. The van der Waals surface area contributed by atoms with Crippen LogP contribution in [0, 0.1) is 0 Å². The summed E-state index contributed by atoms with van der Waals surface area (Å²) in [5.41, 5.74) is 3.91. The molecule has 0 unspecified atom stereocenters. The highest BCUT2D eigenvalue weighted by molar-refractivity contribution is 9.11. The van der Waals surface area contributed by atoms with Gasteiger partial charge in [-0.1, -0.05) is 167 Å². The van der Waals surface area contributed by atoms with Gasteiger partial charge in [-0.3, -0.25) is 9.59 Å². The highest BCUT2D eigenvalue weighted by atomic mass is 79.9. The highest BCUT2D eigenvalue weighted by Crippen LogP contribution is 2.35. The van der Waals surface area contributed by atoms with Gasteiger partial charge >= 0.3 is 5.97 Å². The molecule has 8 heteroatoms. The standard InChI is InChI=1S/C47H82Br2N2O4/c1-3-5-7-9-11-13-15-17-19-21-23-25-27-29-31-34-45(52)50-38-36-42-40-43(48)47(44(49)41-42)54-39-33-37-51-55-46(53)35-32-30-28-26-24-22-20-18-16-14-12-10-8-6-4-2/h17,19,40-41,51H,3-16,18,20-39H2,1-2H3,(H,50,52)/b19-17-. The van der Waals surface area contributed by atoms with Gasteiger partial charge in [0.15, 0.2) is 0 Å². The Labute approximate surface area is 355 Å². The third kappa shape index (κ3) is 33.3. The van der Waals surface area contributed by atoms with Gasteiger partial charge in [0.25, 0.3) is 0 Å². The first kappa shape index (κ1) is 51.6. The van der Waals surface area contributed by atoms with E-state index in [1.54, 1.807) is 0 Å². The minimum atomic E-state index is -0.184. The third-order valence-electron chi connectivity index (χ3n) is 10.3. The average Bonchev–Trinajstić information content (AvgIpc) is 3.17. The van der Waals surface area contributed by atoms with Crippen LogP contribution in [-0.4, -0.2) is 31.6 Å². The molecule has 1 rings (SSSR count). The van der Waals surface area contributed by atoms with Crippen LogP contribution >= 0.6 is 31.9 Å². The second-order valence-electron chi connectivity index (χ2n) is 15.6. The number of benzene rings is 1. The fraction of sp³-hybridized carbons (Fsp3) is 0.787. The second-order valence-corrected chi connectivity index (χ2v) is 17.3. The van der Waals surface area contributed by atoms with Crippen molar-refractivity contribution in [3.63, 3.8) is 0 Å². The molecule has 0 fully saturated rings. The van der Waals surface area contributed by atoms with Crippen molar-refractivity contribution in [3.05, 3.63) is 38.8 Å². The van der Waals surface area contributed by atoms with Gasteiger partial charge in [-0.05, 0) is 101 Å². The summed E-state index contributed by atoms with van der Waals surface area (Å²) in [4.78, 5) is 29.6. The smallest absolute Gasteiger partial charge is 0.324 e. The van der Waals surface area contributed by atoms with Gasteiger partial charge in [0, 0.05) is 25.9 Å². The Morgan fingerprint density at radius 3 is 1.49 bits per heavy atom. The van der Waals surface area contributed by atoms with E-state index in [1.165, 1.54) is 154 Å². The molecule has 0 radical (unpaired) electrons. The number of ether oxygens (including phenoxy) is 1. The van der Waals surface area contributed by atoms with Crippen molar-refractivity contribution in [1.29, 1.82) is 0 Å². The summed E-state index contributed by atoms with van der Waals surface area (Å²) >= 11 is 7.29. The third-order valence-corrected chi connectivity index (χ3v) is 11.5. The zero-order chi connectivity index (χ0) is 39.9. The van der Waals surface area contributed by atoms with E-state index in [9.17, 15) is 9.59 Å². The Kier molecular flexibility index (Phi) is 37.0. The van der Waals surface area contributed by atoms with E-state index in [0.717, 1.165) is 52.4 Å². The molecule has 55 heavy (non-hydrogen) atoms. The molecule has 0 aliphatic rings. The predicted octanol–water partition coefficient (Wildman–Crippen LogP) is 15.0. The van der Waals surface area contributed by atoms with Crippen molar-refractivity contribution in [1.82, 2.24) is 10.8 Å². The SMILES string of the molecule is CCCCCCCC/C=C\CCCCCCCC(=O)NCCc1cc(Br)c(OCCCNOC(=O)CCCCCCCCCCCCCCCCC)c(Br)c1. The first-order valence-electron chi connectivity index (χ1n) is 22.9. The van der Waals surface area contributed by atoms with Gasteiger partial charge < -0.3 is 14.9 Å². The maximum Gasteiger partial charge on any atom is 0.324 e. The van der Waals surface area contributed by atoms with E-state index in [4.69, 9.17) is 9.57 Å². The highest BCUT2D eigenvalue weighted by Gasteiger charge is 2.10. The number of hydrogen-bond donors (Lipinski definition) is 2.